The third-order valence-corrected chi connectivity index (χ3v) is 16.3. The van der Waals surface area contributed by atoms with Crippen LogP contribution in [-0.2, 0) is 20.4 Å². The molecule has 0 bridgehead atoms. The molecule has 3 aromatic heterocycles. The molecule has 5 aromatic rings. The van der Waals surface area contributed by atoms with Gasteiger partial charge in [0.1, 0.15) is 23.3 Å². The minimum atomic E-state index is -1.04. The van der Waals surface area contributed by atoms with Gasteiger partial charge in [-0.1, -0.05) is 38.5 Å². The van der Waals surface area contributed by atoms with Crippen LogP contribution in [-0.4, -0.2) is 23.1 Å². The molecule has 0 atom stereocenters. The number of rotatable bonds is 2. The number of halogens is 4. The average molecular weight is 793 g/mol. The lowest BCUT2D eigenvalue weighted by molar-refractivity contribution is -0.110. The van der Waals surface area contributed by atoms with Crippen LogP contribution in [0.15, 0.2) is 36.4 Å². The van der Waals surface area contributed by atoms with Crippen LogP contribution in [0.5, 0.6) is 0 Å². The largest absolute Gasteiger partial charge is 0.285 e. The molecule has 2 aromatic carbocycles. The van der Waals surface area contributed by atoms with E-state index in [1.807, 2.05) is 6.07 Å². The summed E-state index contributed by atoms with van der Waals surface area (Å²) in [5.74, 6) is -7.27. The molecule has 0 radical (unpaired) electrons. The predicted molar refractivity (Wildman–Crippen MR) is 207 cm³/mol. The maximum Gasteiger partial charge on any atom is 0.237 e. The summed E-state index contributed by atoms with van der Waals surface area (Å²) in [4.78, 5) is 55.9. The van der Waals surface area contributed by atoms with E-state index in [0.29, 0.717) is 12.1 Å². The van der Waals surface area contributed by atoms with Crippen molar-refractivity contribution in [3.63, 3.8) is 0 Å². The smallest absolute Gasteiger partial charge is 0.237 e. The fourth-order valence-corrected chi connectivity index (χ4v) is 15.0. The van der Waals surface area contributed by atoms with E-state index in [1.54, 1.807) is 46.2 Å². The first-order valence-corrected chi connectivity index (χ1v) is 21.0. The number of fused-ring (bicyclic) bond motifs is 12. The van der Waals surface area contributed by atoms with E-state index in [9.17, 15) is 32.3 Å². The third kappa shape index (κ3) is 4.37. The van der Waals surface area contributed by atoms with Gasteiger partial charge in [0, 0.05) is 75.0 Å². The highest BCUT2D eigenvalue weighted by molar-refractivity contribution is 7.29. The average Bonchev–Trinajstić information content (AvgIpc) is 4.00. The standard InChI is InChI=1S/C44H28F4O4S3/c45-19-11-23-24(36(49)39(52)32(23)29(48)14-19)15-22-18-30-41(54-22)35-42(55-30)34-33(44(35)9-5-2-6-10-44)40-27(43(34)7-3-1-4-8-43)17-21(53-40)16-26-31-25(37(50)38(26)51)12-20(46)13-28(31)47/h11-18H,1-10H2/b24-15-,26-16-. The van der Waals surface area contributed by atoms with Crippen molar-refractivity contribution in [2.75, 3.05) is 0 Å². The van der Waals surface area contributed by atoms with Gasteiger partial charge >= 0.3 is 0 Å². The Kier molecular flexibility index (Phi) is 7.05. The Hall–Kier alpha value is -4.58. The van der Waals surface area contributed by atoms with Gasteiger partial charge in [0.15, 0.2) is 0 Å². The highest BCUT2D eigenvalue weighted by Crippen LogP contribution is 2.72. The Bertz CT molecular complexity index is 2790. The van der Waals surface area contributed by atoms with Crippen molar-refractivity contribution in [1.82, 2.24) is 0 Å². The van der Waals surface area contributed by atoms with Crippen molar-refractivity contribution in [2.45, 2.75) is 75.0 Å². The lowest BCUT2D eigenvalue weighted by atomic mass is 9.67. The topological polar surface area (TPSA) is 68.3 Å². The fraction of sp³-hybridized carbons (Fsp3) is 0.273. The third-order valence-electron chi connectivity index (χ3n) is 12.8. The van der Waals surface area contributed by atoms with Gasteiger partial charge in [-0.15, -0.1) is 34.0 Å². The van der Waals surface area contributed by atoms with Crippen molar-refractivity contribution >= 4 is 101 Å². The normalized spacial score (nSPS) is 21.9. The molecule has 0 unspecified atom stereocenters. The minimum absolute atomic E-state index is 0.00179. The summed E-state index contributed by atoms with van der Waals surface area (Å²) in [6, 6.07) is 7.50. The molecule has 2 saturated carbocycles. The molecule has 11 heteroatoms. The SMILES string of the molecule is O=C1C(=O)c2c(F)cc(F)cc2/C1=C/c1cc2sc3c(c2s1)C1(CCCCC1)C1=C3C2(CCCCC2)c2cc(/C=C3\C(=O)C(=O)c4cc(F)cc(F)c43)sc21. The zero-order valence-electron chi connectivity index (χ0n) is 29.1. The van der Waals surface area contributed by atoms with Gasteiger partial charge in [-0.2, -0.15) is 0 Å². The molecule has 274 valence electrons. The van der Waals surface area contributed by atoms with E-state index in [1.165, 1.54) is 32.0 Å². The number of thiophene rings is 3. The lowest BCUT2D eigenvalue weighted by Gasteiger charge is -2.37. The zero-order valence-corrected chi connectivity index (χ0v) is 31.5. The van der Waals surface area contributed by atoms with Gasteiger partial charge < -0.3 is 0 Å². The highest BCUT2D eigenvalue weighted by atomic mass is 32.1. The Balaban J connectivity index is 1.08. The quantitative estimate of drug-likeness (QED) is 0.101. The van der Waals surface area contributed by atoms with E-state index in [-0.39, 0.29) is 44.2 Å². The molecular formula is C44H28F4O4S3. The van der Waals surface area contributed by atoms with Gasteiger partial charge in [-0.25, -0.2) is 17.6 Å². The molecule has 11 rings (SSSR count). The van der Waals surface area contributed by atoms with Crippen LogP contribution in [0.2, 0.25) is 0 Å². The highest BCUT2D eigenvalue weighted by Gasteiger charge is 2.59. The van der Waals surface area contributed by atoms with E-state index >= 15 is 4.39 Å². The lowest BCUT2D eigenvalue weighted by Crippen LogP contribution is -2.28. The number of carbonyl (C=O) groups is 4. The minimum Gasteiger partial charge on any atom is -0.285 e. The summed E-state index contributed by atoms with van der Waals surface area (Å²) < 4.78 is 60.4. The fourth-order valence-electron chi connectivity index (χ4n) is 10.7. The number of ketones is 4. The van der Waals surface area contributed by atoms with Crippen molar-refractivity contribution in [1.29, 1.82) is 0 Å². The van der Waals surface area contributed by atoms with Crippen LogP contribution >= 0.6 is 34.0 Å². The Labute approximate surface area is 323 Å². The summed E-state index contributed by atoms with van der Waals surface area (Å²) in [5.41, 5.74) is 3.99. The molecule has 4 nitrogen and oxygen atoms in total. The van der Waals surface area contributed by atoms with Gasteiger partial charge in [-0.3, -0.25) is 19.2 Å². The molecule has 0 amide bonds. The molecule has 0 aliphatic heterocycles. The summed E-state index contributed by atoms with van der Waals surface area (Å²) >= 11 is 4.89. The molecule has 2 spiro atoms. The number of Topliss-reactive ketones (excluding diaryl/α,β-unsaturated/α-hetero) is 4. The van der Waals surface area contributed by atoms with Crippen LogP contribution in [0.1, 0.15) is 127 Å². The molecule has 0 saturated heterocycles. The van der Waals surface area contributed by atoms with E-state index in [4.69, 9.17) is 0 Å². The zero-order chi connectivity index (χ0) is 37.7. The summed E-state index contributed by atoms with van der Waals surface area (Å²) in [6.07, 6.45) is 13.6. The van der Waals surface area contributed by atoms with Crippen LogP contribution in [0.25, 0.3) is 43.8 Å². The number of carbonyl (C=O) groups excluding carboxylic acids is 4. The Morgan fingerprint density at radius 2 is 1.11 bits per heavy atom. The van der Waals surface area contributed by atoms with Gasteiger partial charge in [0.05, 0.1) is 10.3 Å². The Morgan fingerprint density at radius 3 is 1.82 bits per heavy atom. The number of hydrogen-bond acceptors (Lipinski definition) is 7. The summed E-state index contributed by atoms with van der Waals surface area (Å²) in [6.45, 7) is 0. The maximum absolute atomic E-state index is 15.2. The number of allylic oxidation sites excluding steroid dienone is 4. The molecule has 6 aliphatic rings. The van der Waals surface area contributed by atoms with Crippen LogP contribution in [0.3, 0.4) is 0 Å². The molecule has 3 heterocycles. The molecular weight excluding hydrogens is 765 g/mol. The van der Waals surface area contributed by atoms with Crippen molar-refractivity contribution in [2.24, 2.45) is 0 Å². The number of benzene rings is 2. The van der Waals surface area contributed by atoms with Crippen LogP contribution in [0.4, 0.5) is 17.6 Å². The van der Waals surface area contributed by atoms with E-state index in [2.05, 4.69) is 6.07 Å². The first-order chi connectivity index (χ1) is 26.5. The second kappa shape index (κ2) is 11.5. The van der Waals surface area contributed by atoms with E-state index in [0.717, 1.165) is 95.5 Å². The van der Waals surface area contributed by atoms with Crippen molar-refractivity contribution < 1.29 is 36.7 Å². The summed E-state index contributed by atoms with van der Waals surface area (Å²) in [7, 11) is 0. The van der Waals surface area contributed by atoms with E-state index < -0.39 is 46.4 Å². The Morgan fingerprint density at radius 1 is 0.527 bits per heavy atom. The summed E-state index contributed by atoms with van der Waals surface area (Å²) in [5, 5.41) is 0. The van der Waals surface area contributed by atoms with Gasteiger partial charge in [0.2, 0.25) is 23.1 Å². The molecule has 55 heavy (non-hydrogen) atoms. The second-order valence-corrected chi connectivity index (χ2v) is 18.8. The second-order valence-electron chi connectivity index (χ2n) is 15.6. The maximum atomic E-state index is 15.2. The molecule has 0 N–H and O–H groups in total. The van der Waals surface area contributed by atoms with Crippen LogP contribution < -0.4 is 0 Å². The first kappa shape index (κ1) is 33.7. The monoisotopic (exact) mass is 792 g/mol. The van der Waals surface area contributed by atoms with Gasteiger partial charge in [0.25, 0.3) is 0 Å². The molecule has 2 fully saturated rings. The predicted octanol–water partition coefficient (Wildman–Crippen LogP) is 11.5. The van der Waals surface area contributed by atoms with Crippen LogP contribution in [0, 0.1) is 23.3 Å². The first-order valence-electron chi connectivity index (χ1n) is 18.6. The van der Waals surface area contributed by atoms with Crippen molar-refractivity contribution in [3.8, 4) is 0 Å². The van der Waals surface area contributed by atoms with Gasteiger partial charge in [-0.05, 0) is 84.4 Å². The van der Waals surface area contributed by atoms with Crippen molar-refractivity contribution in [3.05, 3.63) is 113 Å². The molecule has 6 aliphatic carbocycles. The number of hydrogen-bond donors (Lipinski definition) is 0.